The lowest BCUT2D eigenvalue weighted by Gasteiger charge is -2.20. The molecule has 0 aliphatic rings. The second-order valence-electron chi connectivity index (χ2n) is 10.2. The number of unbranched alkanes of at least 4 members (excludes halogenated alkanes) is 1. The summed E-state index contributed by atoms with van der Waals surface area (Å²) in [6, 6.07) is 17.3. The number of benzene rings is 3. The molecule has 0 radical (unpaired) electrons. The van der Waals surface area contributed by atoms with Crippen LogP contribution in [0.5, 0.6) is 5.75 Å². The molecule has 0 spiro atoms. The molecule has 2 N–H and O–H groups in total. The fourth-order valence-corrected chi connectivity index (χ4v) is 4.67. The SMILES string of the molecule is CCCCC(Oc1ccc(C)cc1C)C(=O)Nc1cccc(NC(=O)C(C(C)=O)n2ncc3cc(C)ccc32)c1. The number of amides is 2. The summed E-state index contributed by atoms with van der Waals surface area (Å²) in [5, 5.41) is 10.9. The minimum Gasteiger partial charge on any atom is -0.480 e. The molecule has 0 saturated carbocycles. The number of Topliss-reactive ketones (excluding diaryl/α,β-unsaturated/α-hetero) is 1. The van der Waals surface area contributed by atoms with Crippen LogP contribution in [0.2, 0.25) is 0 Å². The van der Waals surface area contributed by atoms with Gasteiger partial charge in [0, 0.05) is 16.8 Å². The fourth-order valence-electron chi connectivity index (χ4n) is 4.67. The molecule has 2 unspecified atom stereocenters. The zero-order chi connectivity index (χ0) is 28.8. The number of ketones is 1. The van der Waals surface area contributed by atoms with Gasteiger partial charge < -0.3 is 15.4 Å². The average Bonchev–Trinajstić information content (AvgIpc) is 3.30. The highest BCUT2D eigenvalue weighted by molar-refractivity contribution is 6.09. The Morgan fingerprint density at radius 3 is 2.25 bits per heavy atom. The molecule has 0 saturated heterocycles. The highest BCUT2D eigenvalue weighted by atomic mass is 16.5. The van der Waals surface area contributed by atoms with Gasteiger partial charge in [-0.05, 0) is 82.5 Å². The lowest BCUT2D eigenvalue weighted by Crippen LogP contribution is -2.33. The summed E-state index contributed by atoms with van der Waals surface area (Å²) in [5.41, 5.74) is 4.81. The molecule has 208 valence electrons. The molecule has 0 bridgehead atoms. The Balaban J connectivity index is 1.49. The van der Waals surface area contributed by atoms with E-state index in [-0.39, 0.29) is 11.7 Å². The Bertz CT molecular complexity index is 1540. The first kappa shape index (κ1) is 28.5. The molecule has 0 fully saturated rings. The molecule has 1 heterocycles. The van der Waals surface area contributed by atoms with E-state index in [2.05, 4.69) is 22.7 Å². The molecule has 8 heteroatoms. The summed E-state index contributed by atoms with van der Waals surface area (Å²) in [7, 11) is 0. The van der Waals surface area contributed by atoms with E-state index in [0.717, 1.165) is 34.9 Å². The Kier molecular flexibility index (Phi) is 8.99. The highest BCUT2D eigenvalue weighted by Crippen LogP contribution is 2.24. The summed E-state index contributed by atoms with van der Waals surface area (Å²) in [5.74, 6) is -0.438. The third-order valence-electron chi connectivity index (χ3n) is 6.74. The summed E-state index contributed by atoms with van der Waals surface area (Å²) < 4.78 is 7.59. The molecular formula is C32H36N4O4. The lowest BCUT2D eigenvalue weighted by molar-refractivity contribution is -0.129. The third kappa shape index (κ3) is 6.75. The van der Waals surface area contributed by atoms with Gasteiger partial charge in [0.25, 0.3) is 11.8 Å². The van der Waals surface area contributed by atoms with Crippen LogP contribution < -0.4 is 15.4 Å². The van der Waals surface area contributed by atoms with Gasteiger partial charge >= 0.3 is 0 Å². The second-order valence-corrected chi connectivity index (χ2v) is 10.2. The molecular weight excluding hydrogens is 504 g/mol. The van der Waals surface area contributed by atoms with Gasteiger partial charge in [-0.15, -0.1) is 0 Å². The smallest absolute Gasteiger partial charge is 0.265 e. The molecule has 4 rings (SSSR count). The molecule has 1 aromatic heterocycles. The third-order valence-corrected chi connectivity index (χ3v) is 6.74. The number of anilines is 2. The number of hydrogen-bond donors (Lipinski definition) is 2. The maximum atomic E-state index is 13.3. The van der Waals surface area contributed by atoms with Crippen molar-refractivity contribution in [2.75, 3.05) is 10.6 Å². The minimum absolute atomic E-state index is 0.267. The number of hydrogen-bond acceptors (Lipinski definition) is 5. The maximum absolute atomic E-state index is 13.3. The van der Waals surface area contributed by atoms with E-state index in [1.165, 1.54) is 11.6 Å². The second kappa shape index (κ2) is 12.6. The first-order valence-electron chi connectivity index (χ1n) is 13.6. The number of aryl methyl sites for hydroxylation is 3. The van der Waals surface area contributed by atoms with Crippen molar-refractivity contribution in [1.29, 1.82) is 0 Å². The molecule has 0 aliphatic heterocycles. The number of carbonyl (C=O) groups is 3. The van der Waals surface area contributed by atoms with Crippen molar-refractivity contribution in [2.24, 2.45) is 0 Å². The molecule has 2 atom stereocenters. The van der Waals surface area contributed by atoms with Crippen LogP contribution in [0.15, 0.2) is 66.9 Å². The first-order valence-corrected chi connectivity index (χ1v) is 13.6. The molecule has 3 aromatic carbocycles. The van der Waals surface area contributed by atoms with Crippen LogP contribution in [0.25, 0.3) is 10.9 Å². The van der Waals surface area contributed by atoms with Gasteiger partial charge in [0.2, 0.25) is 0 Å². The zero-order valence-electron chi connectivity index (χ0n) is 23.7. The number of ether oxygens (including phenoxy) is 1. The fraction of sp³-hybridized carbons (Fsp3) is 0.312. The minimum atomic E-state index is -1.14. The highest BCUT2D eigenvalue weighted by Gasteiger charge is 2.28. The van der Waals surface area contributed by atoms with E-state index in [0.29, 0.717) is 29.1 Å². The van der Waals surface area contributed by atoms with Crippen LogP contribution in [0.3, 0.4) is 0 Å². The van der Waals surface area contributed by atoms with Gasteiger partial charge in [-0.2, -0.15) is 5.10 Å². The quantitative estimate of drug-likeness (QED) is 0.217. The summed E-state index contributed by atoms with van der Waals surface area (Å²) in [6.45, 7) is 9.39. The van der Waals surface area contributed by atoms with Crippen molar-refractivity contribution in [3.63, 3.8) is 0 Å². The Morgan fingerprint density at radius 2 is 1.57 bits per heavy atom. The molecule has 40 heavy (non-hydrogen) atoms. The van der Waals surface area contributed by atoms with Crippen molar-refractivity contribution in [2.45, 2.75) is 66.0 Å². The number of nitrogens with zero attached hydrogens (tertiary/aromatic N) is 2. The molecule has 4 aromatic rings. The van der Waals surface area contributed by atoms with Crippen LogP contribution in [-0.2, 0) is 14.4 Å². The standard InChI is InChI=1S/C32H36N4O4/c1-6-7-11-29(40-28-15-13-20(2)16-22(28)4)31(38)34-25-9-8-10-26(18-25)35-32(39)30(23(5)37)36-27-14-12-21(3)17-24(27)19-33-36/h8-10,12-19,29-30H,6-7,11H2,1-5H3,(H,34,38)(H,35,39). The molecule has 8 nitrogen and oxygen atoms in total. The maximum Gasteiger partial charge on any atom is 0.265 e. The van der Waals surface area contributed by atoms with Crippen LogP contribution >= 0.6 is 0 Å². The summed E-state index contributed by atoms with van der Waals surface area (Å²) in [6.07, 6.45) is 3.33. The Labute approximate surface area is 234 Å². The van der Waals surface area contributed by atoms with Crippen molar-refractivity contribution in [3.8, 4) is 5.75 Å². The van der Waals surface area contributed by atoms with Crippen molar-refractivity contribution >= 4 is 39.9 Å². The first-order chi connectivity index (χ1) is 19.2. The van der Waals surface area contributed by atoms with E-state index >= 15 is 0 Å². The number of carbonyl (C=O) groups excluding carboxylic acids is 3. The van der Waals surface area contributed by atoms with Crippen molar-refractivity contribution < 1.29 is 19.1 Å². The lowest BCUT2D eigenvalue weighted by atomic mass is 10.1. The van der Waals surface area contributed by atoms with Gasteiger partial charge in [0.1, 0.15) is 5.75 Å². The predicted molar refractivity (Wildman–Crippen MR) is 158 cm³/mol. The van der Waals surface area contributed by atoms with Crippen LogP contribution in [0, 0.1) is 20.8 Å². The average molecular weight is 541 g/mol. The van der Waals surface area contributed by atoms with E-state index in [1.807, 2.05) is 57.2 Å². The number of nitrogens with one attached hydrogen (secondary N) is 2. The van der Waals surface area contributed by atoms with Crippen LogP contribution in [0.4, 0.5) is 11.4 Å². The molecule has 2 amide bonds. The molecule has 0 aliphatic carbocycles. The van der Waals surface area contributed by atoms with Gasteiger partial charge in [0.05, 0.1) is 11.7 Å². The topological polar surface area (TPSA) is 102 Å². The number of rotatable bonds is 11. The number of fused-ring (bicyclic) bond motifs is 1. The van der Waals surface area contributed by atoms with Gasteiger partial charge in [-0.3, -0.25) is 14.4 Å². The monoisotopic (exact) mass is 540 g/mol. The van der Waals surface area contributed by atoms with Crippen LogP contribution in [-0.4, -0.2) is 33.5 Å². The van der Waals surface area contributed by atoms with Crippen LogP contribution in [0.1, 0.15) is 55.8 Å². The van der Waals surface area contributed by atoms with Crippen molar-refractivity contribution in [1.82, 2.24) is 9.78 Å². The van der Waals surface area contributed by atoms with E-state index in [4.69, 9.17) is 4.74 Å². The zero-order valence-corrected chi connectivity index (χ0v) is 23.7. The van der Waals surface area contributed by atoms with Crippen molar-refractivity contribution in [3.05, 3.63) is 83.6 Å². The summed E-state index contributed by atoms with van der Waals surface area (Å²) in [4.78, 5) is 39.1. The Hall–Kier alpha value is -4.46. The van der Waals surface area contributed by atoms with E-state index in [9.17, 15) is 14.4 Å². The largest absolute Gasteiger partial charge is 0.480 e. The summed E-state index contributed by atoms with van der Waals surface area (Å²) >= 11 is 0. The van der Waals surface area contributed by atoms with E-state index < -0.39 is 18.1 Å². The van der Waals surface area contributed by atoms with Gasteiger partial charge in [-0.25, -0.2) is 4.68 Å². The van der Waals surface area contributed by atoms with Gasteiger partial charge in [-0.1, -0.05) is 48.7 Å². The van der Waals surface area contributed by atoms with E-state index in [1.54, 1.807) is 30.5 Å². The number of aromatic nitrogens is 2. The predicted octanol–water partition coefficient (Wildman–Crippen LogP) is 6.31. The normalized spacial score (nSPS) is 12.5. The Morgan fingerprint density at radius 1 is 0.900 bits per heavy atom. The van der Waals surface area contributed by atoms with Gasteiger partial charge in [0.15, 0.2) is 17.9 Å².